The van der Waals surface area contributed by atoms with Gasteiger partial charge in [-0.05, 0) is 76.1 Å². The second-order valence-corrected chi connectivity index (χ2v) is 13.8. The fourth-order valence-corrected chi connectivity index (χ4v) is 7.79. The molecule has 1 saturated carbocycles. The lowest BCUT2D eigenvalue weighted by atomic mass is 9.87. The van der Waals surface area contributed by atoms with Gasteiger partial charge in [-0.2, -0.15) is 0 Å². The topological polar surface area (TPSA) is 122 Å². The molecule has 0 bridgehead atoms. The number of carboxylic acid groups (broad SMARTS) is 1. The van der Waals surface area contributed by atoms with Gasteiger partial charge < -0.3 is 24.3 Å². The lowest BCUT2D eigenvalue weighted by molar-refractivity contribution is -0.274. The highest BCUT2D eigenvalue weighted by atomic mass is 35.5. The summed E-state index contributed by atoms with van der Waals surface area (Å²) in [6, 6.07) is 10.4. The van der Waals surface area contributed by atoms with Crippen molar-refractivity contribution >= 4 is 57.5 Å². The molecule has 3 heterocycles. The van der Waals surface area contributed by atoms with E-state index in [1.807, 2.05) is 26.0 Å². The Balaban J connectivity index is 1.29. The Morgan fingerprint density at radius 3 is 2.34 bits per heavy atom. The summed E-state index contributed by atoms with van der Waals surface area (Å²) in [4.78, 5) is 44.0. The second-order valence-electron chi connectivity index (χ2n) is 13.0. The minimum atomic E-state index is -1.38. The maximum Gasteiger partial charge on any atom is 0.306 e. The number of aliphatic carboxylic acids is 1. The Hall–Kier alpha value is -2.99. The summed E-state index contributed by atoms with van der Waals surface area (Å²) >= 11 is 13.5. The number of rotatable bonds is 10. The third-order valence-electron chi connectivity index (χ3n) is 9.56. The van der Waals surface area contributed by atoms with E-state index in [9.17, 15) is 19.5 Å². The van der Waals surface area contributed by atoms with Crippen LogP contribution in [0, 0.1) is 5.92 Å². The van der Waals surface area contributed by atoms with Gasteiger partial charge in [0.1, 0.15) is 11.8 Å². The molecule has 1 aliphatic carbocycles. The number of likely N-dealkylation sites (tertiary alicyclic amines) is 1. The number of carboxylic acids is 1. The lowest BCUT2D eigenvalue weighted by Gasteiger charge is -2.52. The normalized spacial score (nSPS) is 25.4. The smallest absolute Gasteiger partial charge is 0.306 e. The Labute approximate surface area is 284 Å². The summed E-state index contributed by atoms with van der Waals surface area (Å²) in [6.07, 6.45) is 4.83. The van der Waals surface area contributed by atoms with Crippen LogP contribution in [0.3, 0.4) is 0 Å². The maximum atomic E-state index is 14.9. The van der Waals surface area contributed by atoms with Gasteiger partial charge in [0.05, 0.1) is 40.5 Å². The van der Waals surface area contributed by atoms with Crippen LogP contribution in [-0.2, 0) is 25.5 Å². The third-order valence-corrected chi connectivity index (χ3v) is 10.2. The molecule has 2 N–H and O–H groups in total. The number of amides is 1. The van der Waals surface area contributed by atoms with Crippen LogP contribution in [0.4, 0.5) is 5.69 Å². The number of ether oxygens (including phenoxy) is 2. The number of morpholine rings is 1. The van der Waals surface area contributed by atoms with E-state index in [0.29, 0.717) is 79.6 Å². The van der Waals surface area contributed by atoms with Gasteiger partial charge in [-0.25, -0.2) is 0 Å². The number of fused-ring (bicyclic) bond motifs is 1. The van der Waals surface area contributed by atoms with E-state index in [1.165, 1.54) is 6.26 Å². The number of para-hydroxylation sites is 1. The summed E-state index contributed by atoms with van der Waals surface area (Å²) in [7, 11) is 0. The van der Waals surface area contributed by atoms with Crippen molar-refractivity contribution in [3.05, 3.63) is 63.8 Å². The summed E-state index contributed by atoms with van der Waals surface area (Å²) < 4.78 is 18.6. The maximum absolute atomic E-state index is 14.9. The average molecular weight is 687 g/mol. The first-order valence-electron chi connectivity index (χ1n) is 16.4. The van der Waals surface area contributed by atoms with Gasteiger partial charge in [0.15, 0.2) is 5.78 Å². The molecule has 3 atom stereocenters. The molecule has 2 aliphatic heterocycles. The summed E-state index contributed by atoms with van der Waals surface area (Å²) in [6.45, 7) is 6.38. The molecule has 10 nitrogen and oxygen atoms in total. The van der Waals surface area contributed by atoms with Crippen LogP contribution in [0.15, 0.2) is 47.1 Å². The number of ketones is 1. The molecule has 2 saturated heterocycles. The van der Waals surface area contributed by atoms with Crippen molar-refractivity contribution in [2.45, 2.75) is 83.0 Å². The van der Waals surface area contributed by atoms with Crippen molar-refractivity contribution in [2.24, 2.45) is 5.92 Å². The van der Waals surface area contributed by atoms with Crippen molar-refractivity contribution in [1.29, 1.82) is 0 Å². The lowest BCUT2D eigenvalue weighted by Crippen LogP contribution is -2.71. The largest absolute Gasteiger partial charge is 0.481 e. The van der Waals surface area contributed by atoms with E-state index >= 15 is 0 Å². The number of carbonyl (C=O) groups is 3. The number of nitrogens with zero attached hydrogens (tertiary/aromatic N) is 2. The standard InChI is InChI=1S/C35H41Cl2N3O7/c1-21-18-40(19-22(2)46-21)35(39-13-5-6-14-39,47-25-11-9-23(10-12-25)34(43)44)32(41)16-24-15-29(37)30(17-28(24)36)38-33(42)27-20-45-31-8-4-3-7-26(27)31/h3-4,7-8,15,17,20-23,25H,5-6,9-14,16,18-19H2,1-2H3,(H,38,42)(H,43,44)/t21-,22+,23-,25-,35?. The molecular weight excluding hydrogens is 645 g/mol. The molecule has 47 heavy (non-hydrogen) atoms. The van der Waals surface area contributed by atoms with Gasteiger partial charge in [-0.15, -0.1) is 0 Å². The van der Waals surface area contributed by atoms with Crippen LogP contribution in [0.2, 0.25) is 10.0 Å². The van der Waals surface area contributed by atoms with E-state index in [-0.39, 0.29) is 40.6 Å². The van der Waals surface area contributed by atoms with Gasteiger partial charge in [0.2, 0.25) is 5.85 Å². The van der Waals surface area contributed by atoms with Gasteiger partial charge in [0, 0.05) is 43.0 Å². The van der Waals surface area contributed by atoms with Crippen molar-refractivity contribution in [2.75, 3.05) is 31.5 Å². The molecule has 1 unspecified atom stereocenters. The zero-order valence-electron chi connectivity index (χ0n) is 26.7. The Bertz CT molecular complexity index is 1620. The molecule has 3 aliphatic rings. The Morgan fingerprint density at radius 2 is 1.66 bits per heavy atom. The van der Waals surface area contributed by atoms with Gasteiger partial charge in [0.25, 0.3) is 5.91 Å². The number of nitrogens with one attached hydrogen (secondary N) is 1. The van der Waals surface area contributed by atoms with Crippen molar-refractivity contribution in [1.82, 2.24) is 9.80 Å². The quantitative estimate of drug-likeness (QED) is 0.242. The average Bonchev–Trinajstić information content (AvgIpc) is 3.73. The number of hydrogen-bond acceptors (Lipinski definition) is 8. The molecule has 0 radical (unpaired) electrons. The zero-order chi connectivity index (χ0) is 33.3. The Kier molecular flexibility index (Phi) is 10.3. The number of carbonyl (C=O) groups excluding carboxylic acids is 2. The molecule has 3 aromatic rings. The van der Waals surface area contributed by atoms with E-state index in [4.69, 9.17) is 37.1 Å². The summed E-state index contributed by atoms with van der Waals surface area (Å²) in [5.74, 6) is -3.13. The molecular formula is C35H41Cl2N3O7. The van der Waals surface area contributed by atoms with Gasteiger partial charge >= 0.3 is 5.97 Å². The third kappa shape index (κ3) is 7.09. The summed E-state index contributed by atoms with van der Waals surface area (Å²) in [5.41, 5.74) is 1.80. The fourth-order valence-electron chi connectivity index (χ4n) is 7.32. The monoisotopic (exact) mass is 685 g/mol. The SMILES string of the molecule is C[C@@H]1CN(C(O[C@H]2CC[C@H](C(=O)O)CC2)(C(=O)Cc2cc(Cl)c(NC(=O)c3coc4ccccc34)cc2Cl)N2CCCC2)C[C@H](C)O1. The minimum Gasteiger partial charge on any atom is -0.481 e. The molecule has 1 amide bonds. The van der Waals surface area contributed by atoms with Crippen molar-refractivity contribution in [3.63, 3.8) is 0 Å². The van der Waals surface area contributed by atoms with Crippen molar-refractivity contribution in [3.8, 4) is 0 Å². The van der Waals surface area contributed by atoms with E-state index in [0.717, 1.165) is 12.8 Å². The molecule has 3 fully saturated rings. The first-order valence-corrected chi connectivity index (χ1v) is 17.2. The van der Waals surface area contributed by atoms with E-state index in [2.05, 4.69) is 15.1 Å². The first-order chi connectivity index (χ1) is 22.5. The zero-order valence-corrected chi connectivity index (χ0v) is 28.2. The predicted octanol–water partition coefficient (Wildman–Crippen LogP) is 6.62. The number of benzene rings is 2. The first kappa shape index (κ1) is 33.9. The fraction of sp³-hybridized carbons (Fsp3) is 0.514. The van der Waals surface area contributed by atoms with Gasteiger partial charge in [-0.1, -0.05) is 41.4 Å². The molecule has 0 spiro atoms. The molecule has 2 aromatic carbocycles. The number of hydrogen-bond donors (Lipinski definition) is 2. The second kappa shape index (κ2) is 14.2. The number of furan rings is 1. The highest BCUT2D eigenvalue weighted by Crippen LogP contribution is 2.39. The van der Waals surface area contributed by atoms with Crippen LogP contribution in [0.25, 0.3) is 11.0 Å². The van der Waals surface area contributed by atoms with Crippen LogP contribution < -0.4 is 5.32 Å². The van der Waals surface area contributed by atoms with Gasteiger partial charge in [-0.3, -0.25) is 24.2 Å². The van der Waals surface area contributed by atoms with Crippen LogP contribution >= 0.6 is 23.2 Å². The van der Waals surface area contributed by atoms with Crippen LogP contribution in [0.1, 0.15) is 68.3 Å². The van der Waals surface area contributed by atoms with Crippen LogP contribution in [-0.4, -0.2) is 82.9 Å². The molecule has 252 valence electrons. The van der Waals surface area contributed by atoms with Crippen LogP contribution in [0.5, 0.6) is 0 Å². The number of Topliss-reactive ketones (excluding diaryl/α,β-unsaturated/α-hetero) is 1. The highest BCUT2D eigenvalue weighted by molar-refractivity contribution is 6.36. The van der Waals surface area contributed by atoms with Crippen molar-refractivity contribution < 1.29 is 33.4 Å². The predicted molar refractivity (Wildman–Crippen MR) is 179 cm³/mol. The number of halogens is 2. The molecule has 1 aromatic heterocycles. The molecule has 6 rings (SSSR count). The molecule has 12 heteroatoms. The minimum absolute atomic E-state index is 0.0553. The highest BCUT2D eigenvalue weighted by Gasteiger charge is 2.54. The van der Waals surface area contributed by atoms with E-state index in [1.54, 1.807) is 24.3 Å². The van der Waals surface area contributed by atoms with E-state index < -0.39 is 23.6 Å². The summed E-state index contributed by atoms with van der Waals surface area (Å²) in [5, 5.41) is 13.6. The number of anilines is 1. The Morgan fingerprint density at radius 1 is 0.979 bits per heavy atom.